The van der Waals surface area contributed by atoms with Crippen LogP contribution < -0.4 is 0 Å². The van der Waals surface area contributed by atoms with Crippen LogP contribution in [0.2, 0.25) is 4.34 Å². The quantitative estimate of drug-likeness (QED) is 0.880. The molecule has 0 fully saturated rings. The van der Waals surface area contributed by atoms with Crippen molar-refractivity contribution < 1.29 is 9.90 Å². The van der Waals surface area contributed by atoms with E-state index in [4.69, 9.17) is 16.7 Å². The van der Waals surface area contributed by atoms with Crippen LogP contribution in [-0.2, 0) is 7.05 Å². The third kappa shape index (κ3) is 1.88. The Kier molecular flexibility index (Phi) is 2.50. The summed E-state index contributed by atoms with van der Waals surface area (Å²) in [5.74, 6) is -1.01. The molecule has 78 valence electrons. The summed E-state index contributed by atoms with van der Waals surface area (Å²) in [6.07, 6.45) is 1.67. The van der Waals surface area contributed by atoms with Crippen molar-refractivity contribution in [2.24, 2.45) is 7.05 Å². The van der Waals surface area contributed by atoms with Gasteiger partial charge in [0.1, 0.15) is 0 Å². The molecule has 0 unspecified atom stereocenters. The highest BCUT2D eigenvalue weighted by Crippen LogP contribution is 2.30. The molecule has 0 aliphatic carbocycles. The standard InChI is InChI=1S/C9H7ClN2O2S/c1-12-4-5(11-8(12)9(13)14)6-2-3-7(10)15-6/h2-4H,1H3,(H,13,14). The van der Waals surface area contributed by atoms with Crippen LogP contribution in [0.3, 0.4) is 0 Å². The Bertz CT molecular complexity index is 518. The molecule has 0 bridgehead atoms. The monoisotopic (exact) mass is 242 g/mol. The van der Waals surface area contributed by atoms with Gasteiger partial charge in [-0.3, -0.25) is 0 Å². The highest BCUT2D eigenvalue weighted by Gasteiger charge is 2.14. The maximum Gasteiger partial charge on any atom is 0.372 e. The summed E-state index contributed by atoms with van der Waals surface area (Å²) in [4.78, 5) is 15.6. The molecular formula is C9H7ClN2O2S. The fraction of sp³-hybridized carbons (Fsp3) is 0.111. The normalized spacial score (nSPS) is 10.5. The second-order valence-electron chi connectivity index (χ2n) is 2.97. The van der Waals surface area contributed by atoms with Gasteiger partial charge in [-0.25, -0.2) is 9.78 Å². The van der Waals surface area contributed by atoms with Crippen LogP contribution in [0.4, 0.5) is 0 Å². The number of carboxylic acid groups (broad SMARTS) is 1. The molecule has 15 heavy (non-hydrogen) atoms. The number of hydrogen-bond donors (Lipinski definition) is 1. The van der Waals surface area contributed by atoms with Crippen molar-refractivity contribution in [2.45, 2.75) is 0 Å². The average Bonchev–Trinajstić information content (AvgIpc) is 2.71. The van der Waals surface area contributed by atoms with E-state index < -0.39 is 5.97 Å². The first-order valence-corrected chi connectivity index (χ1v) is 5.30. The SMILES string of the molecule is Cn1cc(-c2ccc(Cl)s2)nc1C(=O)O. The first-order valence-electron chi connectivity index (χ1n) is 4.10. The lowest BCUT2D eigenvalue weighted by molar-refractivity contribution is 0.0680. The van der Waals surface area contributed by atoms with Crippen LogP contribution in [0.25, 0.3) is 10.6 Å². The van der Waals surface area contributed by atoms with Crippen molar-refractivity contribution in [1.29, 1.82) is 0 Å². The number of aryl methyl sites for hydroxylation is 1. The van der Waals surface area contributed by atoms with Crippen LogP contribution in [-0.4, -0.2) is 20.6 Å². The molecule has 0 aliphatic heterocycles. The van der Waals surface area contributed by atoms with E-state index in [0.29, 0.717) is 10.0 Å². The molecule has 2 heterocycles. The molecule has 6 heteroatoms. The van der Waals surface area contributed by atoms with Gasteiger partial charge < -0.3 is 9.67 Å². The average molecular weight is 243 g/mol. The number of aromatic carboxylic acids is 1. The Hall–Kier alpha value is -1.33. The summed E-state index contributed by atoms with van der Waals surface area (Å²) in [6, 6.07) is 3.58. The van der Waals surface area contributed by atoms with Crippen LogP contribution in [0.1, 0.15) is 10.6 Å². The predicted octanol–water partition coefficient (Wildman–Crippen LogP) is 2.50. The van der Waals surface area contributed by atoms with E-state index in [1.807, 2.05) is 6.07 Å². The fourth-order valence-electron chi connectivity index (χ4n) is 1.24. The third-order valence-electron chi connectivity index (χ3n) is 1.89. The van der Waals surface area contributed by atoms with Gasteiger partial charge in [-0.15, -0.1) is 11.3 Å². The molecule has 2 rings (SSSR count). The van der Waals surface area contributed by atoms with E-state index in [1.54, 1.807) is 19.3 Å². The van der Waals surface area contributed by atoms with Gasteiger partial charge >= 0.3 is 5.97 Å². The molecule has 0 aromatic carbocycles. The largest absolute Gasteiger partial charge is 0.475 e. The lowest BCUT2D eigenvalue weighted by Gasteiger charge is -1.90. The molecule has 4 nitrogen and oxygen atoms in total. The lowest BCUT2D eigenvalue weighted by Crippen LogP contribution is -2.04. The van der Waals surface area contributed by atoms with Gasteiger partial charge in [0, 0.05) is 13.2 Å². The zero-order valence-corrected chi connectivity index (χ0v) is 9.34. The maximum atomic E-state index is 10.8. The summed E-state index contributed by atoms with van der Waals surface area (Å²) in [7, 11) is 1.65. The first-order chi connectivity index (χ1) is 7.08. The summed E-state index contributed by atoms with van der Waals surface area (Å²) in [5.41, 5.74) is 0.631. The van der Waals surface area contributed by atoms with Crippen molar-refractivity contribution in [3.63, 3.8) is 0 Å². The Morgan fingerprint density at radius 2 is 2.33 bits per heavy atom. The number of rotatable bonds is 2. The van der Waals surface area contributed by atoms with Gasteiger partial charge in [-0.2, -0.15) is 0 Å². The summed E-state index contributed by atoms with van der Waals surface area (Å²) < 4.78 is 2.14. The van der Waals surface area contributed by atoms with Gasteiger partial charge in [0.25, 0.3) is 0 Å². The predicted molar refractivity (Wildman–Crippen MR) is 58.5 cm³/mol. The van der Waals surface area contributed by atoms with E-state index >= 15 is 0 Å². The lowest BCUT2D eigenvalue weighted by atomic mass is 10.4. The Labute approximate surface area is 94.8 Å². The van der Waals surface area contributed by atoms with Crippen molar-refractivity contribution in [2.75, 3.05) is 0 Å². The zero-order valence-electron chi connectivity index (χ0n) is 7.77. The smallest absolute Gasteiger partial charge is 0.372 e. The Morgan fingerprint density at radius 1 is 1.60 bits per heavy atom. The minimum Gasteiger partial charge on any atom is -0.475 e. The van der Waals surface area contributed by atoms with E-state index in [2.05, 4.69) is 4.98 Å². The number of nitrogens with zero attached hydrogens (tertiary/aromatic N) is 2. The van der Waals surface area contributed by atoms with Crippen LogP contribution in [0.5, 0.6) is 0 Å². The highest BCUT2D eigenvalue weighted by molar-refractivity contribution is 7.19. The summed E-state index contributed by atoms with van der Waals surface area (Å²) in [6.45, 7) is 0. The molecular weight excluding hydrogens is 236 g/mol. The maximum absolute atomic E-state index is 10.8. The molecule has 0 atom stereocenters. The van der Waals surface area contributed by atoms with E-state index in [9.17, 15) is 4.79 Å². The minimum absolute atomic E-state index is 0.0227. The number of imidazole rings is 1. The molecule has 0 spiro atoms. The van der Waals surface area contributed by atoms with E-state index in [0.717, 1.165) is 4.88 Å². The molecule has 0 radical (unpaired) electrons. The number of hydrogen-bond acceptors (Lipinski definition) is 3. The van der Waals surface area contributed by atoms with Crippen LogP contribution in [0.15, 0.2) is 18.3 Å². The number of aromatic nitrogens is 2. The molecule has 0 aliphatic rings. The number of carbonyl (C=O) groups is 1. The van der Waals surface area contributed by atoms with Crippen LogP contribution >= 0.6 is 22.9 Å². The molecule has 0 amide bonds. The van der Waals surface area contributed by atoms with Crippen molar-refractivity contribution in [3.05, 3.63) is 28.5 Å². The van der Waals surface area contributed by atoms with Gasteiger partial charge in [0.15, 0.2) is 0 Å². The molecule has 2 aromatic rings. The van der Waals surface area contributed by atoms with E-state index in [-0.39, 0.29) is 5.82 Å². The minimum atomic E-state index is -1.04. The van der Waals surface area contributed by atoms with Crippen molar-refractivity contribution in [1.82, 2.24) is 9.55 Å². The van der Waals surface area contributed by atoms with Gasteiger partial charge in [0.2, 0.25) is 5.82 Å². The molecule has 2 aromatic heterocycles. The van der Waals surface area contributed by atoms with E-state index in [1.165, 1.54) is 15.9 Å². The third-order valence-corrected chi connectivity index (χ3v) is 3.15. The van der Waals surface area contributed by atoms with Gasteiger partial charge in [0.05, 0.1) is 14.9 Å². The van der Waals surface area contributed by atoms with Gasteiger partial charge in [-0.1, -0.05) is 11.6 Å². The first kappa shape index (κ1) is 10.2. The number of thiophene rings is 1. The second kappa shape index (κ2) is 3.67. The molecule has 0 saturated heterocycles. The topological polar surface area (TPSA) is 55.1 Å². The second-order valence-corrected chi connectivity index (χ2v) is 4.68. The number of halogens is 1. The number of carboxylic acids is 1. The van der Waals surface area contributed by atoms with Crippen LogP contribution in [0, 0.1) is 0 Å². The highest BCUT2D eigenvalue weighted by atomic mass is 35.5. The fourth-order valence-corrected chi connectivity index (χ4v) is 2.23. The Morgan fingerprint density at radius 3 is 2.80 bits per heavy atom. The molecule has 0 saturated carbocycles. The zero-order chi connectivity index (χ0) is 11.0. The van der Waals surface area contributed by atoms with Gasteiger partial charge in [-0.05, 0) is 12.1 Å². The van der Waals surface area contributed by atoms with Crippen molar-refractivity contribution in [3.8, 4) is 10.6 Å². The summed E-state index contributed by atoms with van der Waals surface area (Å²) in [5, 5.41) is 8.83. The van der Waals surface area contributed by atoms with Crippen molar-refractivity contribution >= 4 is 28.9 Å². The molecule has 1 N–H and O–H groups in total. The summed E-state index contributed by atoms with van der Waals surface area (Å²) >= 11 is 7.16. The Balaban J connectivity index is 2.46.